The lowest BCUT2D eigenvalue weighted by Gasteiger charge is -2.16. The third kappa shape index (κ3) is 8.66. The van der Waals surface area contributed by atoms with E-state index in [2.05, 4.69) is 16.0 Å². The summed E-state index contributed by atoms with van der Waals surface area (Å²) in [5.74, 6) is 0.171. The van der Waals surface area contributed by atoms with Gasteiger partial charge in [-0.1, -0.05) is 6.42 Å². The maximum Gasteiger partial charge on any atom is 0.315 e. The number of aliphatic carboxylic acids is 1. The Bertz CT molecular complexity index is 522. The average molecular weight is 418 g/mol. The molecular weight excluding hydrogens is 386 g/mol. The van der Waals surface area contributed by atoms with Gasteiger partial charge in [0.2, 0.25) is 5.91 Å². The molecule has 0 aromatic rings. The highest BCUT2D eigenvalue weighted by Crippen LogP contribution is 2.33. The van der Waals surface area contributed by atoms with E-state index in [1.807, 2.05) is 11.8 Å². The zero-order valence-electron chi connectivity index (χ0n) is 16.1. The lowest BCUT2D eigenvalue weighted by Crippen LogP contribution is -2.36. The summed E-state index contributed by atoms with van der Waals surface area (Å²) in [6.07, 6.45) is 3.94. The largest absolute Gasteiger partial charge is 0.481 e. The number of hydrogen-bond donors (Lipinski definition) is 4. The second-order valence-electron chi connectivity index (χ2n) is 6.94. The third-order valence-corrected chi connectivity index (χ3v) is 6.21. The monoisotopic (exact) mass is 417 g/mol. The number of thioether (sulfide) groups is 1. The van der Waals surface area contributed by atoms with E-state index in [1.54, 1.807) is 0 Å². The van der Waals surface area contributed by atoms with Crippen LogP contribution >= 0.6 is 11.8 Å². The fourth-order valence-electron chi connectivity index (χ4n) is 3.27. The standard InChI is InChI=1S/C18H31N3O6S/c22-15(19-7-9-27-11-10-26-8-3-6-16(23)24)5-2-1-4-14-17-13(12-28-14)20-18(25)21-17/h13-14,17H,1-12H2,(H,19,22)(H,23,24)(H2,20,21,25). The van der Waals surface area contributed by atoms with Crippen LogP contribution in [0.1, 0.15) is 38.5 Å². The van der Waals surface area contributed by atoms with Gasteiger partial charge in [-0.15, -0.1) is 0 Å². The van der Waals surface area contributed by atoms with Crippen LogP contribution < -0.4 is 16.0 Å². The van der Waals surface area contributed by atoms with Crippen LogP contribution in [0.5, 0.6) is 0 Å². The summed E-state index contributed by atoms with van der Waals surface area (Å²) in [4.78, 5) is 33.5. The van der Waals surface area contributed by atoms with Crippen molar-refractivity contribution in [1.82, 2.24) is 16.0 Å². The number of carbonyl (C=O) groups is 3. The highest BCUT2D eigenvalue weighted by molar-refractivity contribution is 8.00. The fourth-order valence-corrected chi connectivity index (χ4v) is 4.82. The second-order valence-corrected chi connectivity index (χ2v) is 8.21. The molecule has 0 aromatic carbocycles. The Kier molecular flexibility index (Phi) is 10.4. The lowest BCUT2D eigenvalue weighted by molar-refractivity contribution is -0.137. The molecule has 28 heavy (non-hydrogen) atoms. The first-order chi connectivity index (χ1) is 13.6. The van der Waals surface area contributed by atoms with Gasteiger partial charge in [0, 0.05) is 37.0 Å². The number of nitrogens with one attached hydrogen (secondary N) is 3. The van der Waals surface area contributed by atoms with Gasteiger partial charge in [0.1, 0.15) is 0 Å². The zero-order chi connectivity index (χ0) is 20.2. The minimum atomic E-state index is -0.818. The smallest absolute Gasteiger partial charge is 0.315 e. The van der Waals surface area contributed by atoms with Crippen LogP contribution in [0, 0.1) is 0 Å². The van der Waals surface area contributed by atoms with Gasteiger partial charge in [-0.2, -0.15) is 11.8 Å². The van der Waals surface area contributed by atoms with Gasteiger partial charge in [0.05, 0.1) is 31.9 Å². The van der Waals surface area contributed by atoms with Crippen LogP contribution in [-0.4, -0.2) is 79.1 Å². The topological polar surface area (TPSA) is 126 Å². The molecule has 3 amide bonds. The molecule has 0 aliphatic carbocycles. The minimum Gasteiger partial charge on any atom is -0.481 e. The molecule has 2 heterocycles. The summed E-state index contributed by atoms with van der Waals surface area (Å²) < 4.78 is 10.6. The summed E-state index contributed by atoms with van der Waals surface area (Å²) in [5, 5.41) is 17.7. The molecule has 3 unspecified atom stereocenters. The molecule has 0 radical (unpaired) electrons. The van der Waals surface area contributed by atoms with Crippen molar-refractivity contribution in [3.63, 3.8) is 0 Å². The number of carbonyl (C=O) groups excluding carboxylic acids is 2. The molecule has 9 nitrogen and oxygen atoms in total. The number of rotatable bonds is 15. The van der Waals surface area contributed by atoms with Crippen molar-refractivity contribution >= 4 is 29.7 Å². The quantitative estimate of drug-likeness (QED) is 0.229. The lowest BCUT2D eigenvalue weighted by atomic mass is 10.0. The molecule has 4 N–H and O–H groups in total. The Morgan fingerprint density at radius 3 is 2.64 bits per heavy atom. The zero-order valence-corrected chi connectivity index (χ0v) is 16.9. The number of carboxylic acid groups (broad SMARTS) is 1. The average Bonchev–Trinajstić information content (AvgIpc) is 3.19. The van der Waals surface area contributed by atoms with E-state index in [0.29, 0.717) is 51.1 Å². The molecule has 2 aliphatic rings. The van der Waals surface area contributed by atoms with Crippen molar-refractivity contribution in [2.45, 2.75) is 55.9 Å². The van der Waals surface area contributed by atoms with Crippen LogP contribution in [0.25, 0.3) is 0 Å². The highest BCUT2D eigenvalue weighted by atomic mass is 32.2. The molecule has 2 rings (SSSR count). The van der Waals surface area contributed by atoms with E-state index in [4.69, 9.17) is 14.6 Å². The molecule has 0 aromatic heterocycles. The number of carboxylic acids is 1. The summed E-state index contributed by atoms with van der Waals surface area (Å²) in [5.41, 5.74) is 0. The van der Waals surface area contributed by atoms with Crippen LogP contribution in [0.3, 0.4) is 0 Å². The van der Waals surface area contributed by atoms with E-state index in [1.165, 1.54) is 0 Å². The van der Waals surface area contributed by atoms with Crippen LogP contribution in [0.4, 0.5) is 4.79 Å². The van der Waals surface area contributed by atoms with Crippen molar-refractivity contribution in [2.24, 2.45) is 0 Å². The summed E-state index contributed by atoms with van der Waals surface area (Å²) >= 11 is 1.89. The van der Waals surface area contributed by atoms with Crippen LogP contribution in [0.15, 0.2) is 0 Å². The number of ether oxygens (including phenoxy) is 2. The molecule has 2 aliphatic heterocycles. The number of amides is 3. The first-order valence-corrected chi connectivity index (χ1v) is 10.9. The number of unbranched alkanes of at least 4 members (excludes halogenated alkanes) is 1. The number of fused-ring (bicyclic) bond motifs is 1. The molecule has 0 spiro atoms. The van der Waals surface area contributed by atoms with Gasteiger partial charge in [0.25, 0.3) is 0 Å². The Morgan fingerprint density at radius 2 is 1.86 bits per heavy atom. The maximum atomic E-state index is 11.8. The van der Waals surface area contributed by atoms with Crippen molar-refractivity contribution in [3.05, 3.63) is 0 Å². The molecule has 0 bridgehead atoms. The first kappa shape index (κ1) is 22.8. The van der Waals surface area contributed by atoms with Gasteiger partial charge in [-0.05, 0) is 19.3 Å². The summed E-state index contributed by atoms with van der Waals surface area (Å²) in [6, 6.07) is 0.414. The molecule has 3 atom stereocenters. The summed E-state index contributed by atoms with van der Waals surface area (Å²) in [6.45, 7) is 2.16. The van der Waals surface area contributed by atoms with Crippen LogP contribution in [-0.2, 0) is 19.1 Å². The van der Waals surface area contributed by atoms with E-state index in [-0.39, 0.29) is 30.4 Å². The predicted molar refractivity (Wildman–Crippen MR) is 105 cm³/mol. The Hall–Kier alpha value is -1.52. The normalized spacial score (nSPS) is 23.1. The predicted octanol–water partition coefficient (Wildman–Crippen LogP) is 0.726. The van der Waals surface area contributed by atoms with Crippen molar-refractivity contribution in [3.8, 4) is 0 Å². The van der Waals surface area contributed by atoms with Gasteiger partial charge in [-0.25, -0.2) is 4.79 Å². The van der Waals surface area contributed by atoms with Gasteiger partial charge in [-0.3, -0.25) is 9.59 Å². The van der Waals surface area contributed by atoms with Crippen LogP contribution in [0.2, 0.25) is 0 Å². The fraction of sp³-hybridized carbons (Fsp3) is 0.833. The van der Waals surface area contributed by atoms with E-state index < -0.39 is 5.97 Å². The van der Waals surface area contributed by atoms with E-state index in [9.17, 15) is 14.4 Å². The highest BCUT2D eigenvalue weighted by Gasteiger charge is 2.42. The van der Waals surface area contributed by atoms with Gasteiger partial charge in [0.15, 0.2) is 0 Å². The molecular formula is C18H31N3O6S. The molecule has 10 heteroatoms. The first-order valence-electron chi connectivity index (χ1n) is 9.89. The SMILES string of the molecule is O=C(O)CCCOCCOCCNC(=O)CCCCC1SCC2NC(=O)NC21. The van der Waals surface area contributed by atoms with E-state index >= 15 is 0 Å². The minimum absolute atomic E-state index is 0.0290. The maximum absolute atomic E-state index is 11.8. The van der Waals surface area contributed by atoms with Crippen molar-refractivity contribution in [2.75, 3.05) is 38.7 Å². The second kappa shape index (κ2) is 12.8. The van der Waals surface area contributed by atoms with E-state index in [0.717, 1.165) is 25.0 Å². The van der Waals surface area contributed by atoms with Gasteiger partial charge < -0.3 is 30.5 Å². The molecule has 160 valence electrons. The number of urea groups is 1. The Labute approximate surface area is 169 Å². The third-order valence-electron chi connectivity index (χ3n) is 4.70. The molecule has 0 saturated carbocycles. The van der Waals surface area contributed by atoms with Crippen molar-refractivity contribution < 1.29 is 29.0 Å². The molecule has 2 saturated heterocycles. The van der Waals surface area contributed by atoms with Crippen molar-refractivity contribution in [1.29, 1.82) is 0 Å². The number of hydrogen-bond acceptors (Lipinski definition) is 6. The Balaban J connectivity index is 1.36. The summed E-state index contributed by atoms with van der Waals surface area (Å²) in [7, 11) is 0. The molecule has 2 fully saturated rings. The Morgan fingerprint density at radius 1 is 1.07 bits per heavy atom. The van der Waals surface area contributed by atoms with Gasteiger partial charge >= 0.3 is 12.0 Å².